The van der Waals surface area contributed by atoms with Crippen molar-refractivity contribution in [2.75, 3.05) is 6.61 Å². The smallest absolute Gasteiger partial charge is 0.419 e. The summed E-state index contributed by atoms with van der Waals surface area (Å²) < 4.78 is 45.6. The molecule has 20 heavy (non-hydrogen) atoms. The van der Waals surface area contributed by atoms with Crippen LogP contribution in [0.1, 0.15) is 5.56 Å². The molecule has 8 heteroatoms. The van der Waals surface area contributed by atoms with Crippen molar-refractivity contribution in [1.29, 1.82) is 0 Å². The molecule has 1 aromatic carbocycles. The van der Waals surface area contributed by atoms with E-state index in [1.807, 2.05) is 0 Å². The number of rotatable bonds is 4. The van der Waals surface area contributed by atoms with Crippen LogP contribution in [0.3, 0.4) is 0 Å². The fourth-order valence-electron chi connectivity index (χ4n) is 1.64. The van der Waals surface area contributed by atoms with E-state index in [0.717, 1.165) is 10.7 Å². The molecule has 0 N–H and O–H groups in total. The third-order valence-corrected chi connectivity index (χ3v) is 2.64. The van der Waals surface area contributed by atoms with E-state index in [1.54, 1.807) is 0 Å². The SMILES string of the molecule is Cn1cnn(CCOc2ccccc2C(F)(F)F)c1=O. The first kappa shape index (κ1) is 14.2. The van der Waals surface area contributed by atoms with E-state index in [4.69, 9.17) is 4.74 Å². The lowest BCUT2D eigenvalue weighted by Crippen LogP contribution is -2.25. The van der Waals surface area contributed by atoms with Gasteiger partial charge in [0.1, 0.15) is 18.7 Å². The van der Waals surface area contributed by atoms with E-state index in [0.29, 0.717) is 0 Å². The second-order valence-electron chi connectivity index (χ2n) is 4.09. The Kier molecular flexibility index (Phi) is 3.82. The summed E-state index contributed by atoms with van der Waals surface area (Å²) in [6, 6.07) is 4.93. The fraction of sp³-hybridized carbons (Fsp3) is 0.333. The molecular weight excluding hydrogens is 275 g/mol. The molecule has 0 aliphatic rings. The Balaban J connectivity index is 2.05. The molecule has 5 nitrogen and oxygen atoms in total. The molecule has 0 spiro atoms. The summed E-state index contributed by atoms with van der Waals surface area (Å²) in [5.74, 6) is -0.260. The molecule has 0 saturated heterocycles. The molecule has 0 fully saturated rings. The molecule has 2 aromatic rings. The van der Waals surface area contributed by atoms with Crippen LogP contribution in [-0.2, 0) is 19.8 Å². The molecule has 1 aromatic heterocycles. The highest BCUT2D eigenvalue weighted by atomic mass is 19.4. The molecule has 0 amide bonds. The van der Waals surface area contributed by atoms with E-state index >= 15 is 0 Å². The first-order valence-electron chi connectivity index (χ1n) is 5.77. The summed E-state index contributed by atoms with van der Waals surface area (Å²) in [7, 11) is 1.53. The number of halogens is 3. The number of nitrogens with zero attached hydrogens (tertiary/aromatic N) is 3. The summed E-state index contributed by atoms with van der Waals surface area (Å²) >= 11 is 0. The van der Waals surface area contributed by atoms with Crippen LogP contribution < -0.4 is 10.4 Å². The predicted octanol–water partition coefficient (Wildman–Crippen LogP) is 1.68. The maximum Gasteiger partial charge on any atom is 0.419 e. The minimum Gasteiger partial charge on any atom is -0.491 e. The molecule has 0 saturated carbocycles. The summed E-state index contributed by atoms with van der Waals surface area (Å²) in [5.41, 5.74) is -1.19. The Labute approximate surface area is 112 Å². The van der Waals surface area contributed by atoms with Gasteiger partial charge in [0.15, 0.2) is 0 Å². The monoisotopic (exact) mass is 287 g/mol. The lowest BCUT2D eigenvalue weighted by molar-refractivity contribution is -0.139. The van der Waals surface area contributed by atoms with Gasteiger partial charge in [-0.1, -0.05) is 12.1 Å². The van der Waals surface area contributed by atoms with Crippen molar-refractivity contribution >= 4 is 0 Å². The van der Waals surface area contributed by atoms with Crippen molar-refractivity contribution < 1.29 is 17.9 Å². The van der Waals surface area contributed by atoms with Gasteiger partial charge in [-0.25, -0.2) is 9.48 Å². The molecule has 2 rings (SSSR count). The van der Waals surface area contributed by atoms with Crippen LogP contribution in [0.15, 0.2) is 35.4 Å². The van der Waals surface area contributed by atoms with Gasteiger partial charge in [0.05, 0.1) is 12.1 Å². The van der Waals surface area contributed by atoms with Crippen molar-refractivity contribution in [1.82, 2.24) is 14.3 Å². The molecule has 0 atom stereocenters. The summed E-state index contributed by atoms with van der Waals surface area (Å²) in [5, 5.41) is 3.78. The molecule has 1 heterocycles. The Morgan fingerprint density at radius 3 is 2.60 bits per heavy atom. The van der Waals surface area contributed by atoms with Gasteiger partial charge in [-0.15, -0.1) is 0 Å². The first-order valence-corrected chi connectivity index (χ1v) is 5.77. The van der Waals surface area contributed by atoms with Crippen LogP contribution in [0.25, 0.3) is 0 Å². The Morgan fingerprint density at radius 1 is 1.30 bits per heavy atom. The van der Waals surface area contributed by atoms with Gasteiger partial charge in [0.2, 0.25) is 0 Å². The summed E-state index contributed by atoms with van der Waals surface area (Å²) in [4.78, 5) is 11.5. The Bertz CT molecular complexity index is 646. The minimum absolute atomic E-state index is 0.0753. The molecule has 0 aliphatic heterocycles. The van der Waals surface area contributed by atoms with Crippen molar-refractivity contribution in [3.63, 3.8) is 0 Å². The van der Waals surface area contributed by atoms with Crippen LogP contribution in [0, 0.1) is 0 Å². The molecule has 0 aliphatic carbocycles. The first-order chi connectivity index (χ1) is 9.39. The fourth-order valence-corrected chi connectivity index (χ4v) is 1.64. The van der Waals surface area contributed by atoms with E-state index in [-0.39, 0.29) is 24.6 Å². The number of para-hydroxylation sites is 1. The second kappa shape index (κ2) is 5.40. The third kappa shape index (κ3) is 3.01. The van der Waals surface area contributed by atoms with Crippen LogP contribution in [-0.4, -0.2) is 21.0 Å². The van der Waals surface area contributed by atoms with Crippen molar-refractivity contribution in [2.45, 2.75) is 12.7 Å². The van der Waals surface area contributed by atoms with Gasteiger partial charge in [0.25, 0.3) is 0 Å². The van der Waals surface area contributed by atoms with Gasteiger partial charge < -0.3 is 4.74 Å². The summed E-state index contributed by atoms with van der Waals surface area (Å²) in [6.45, 7) is -0.00409. The molecule has 0 radical (unpaired) electrons. The van der Waals surface area contributed by atoms with Gasteiger partial charge in [-0.05, 0) is 12.1 Å². The van der Waals surface area contributed by atoms with Crippen LogP contribution in [0.5, 0.6) is 5.75 Å². The maximum atomic E-state index is 12.7. The lowest BCUT2D eigenvalue weighted by atomic mass is 10.2. The zero-order valence-electron chi connectivity index (χ0n) is 10.6. The van der Waals surface area contributed by atoms with Crippen LogP contribution in [0.2, 0.25) is 0 Å². The third-order valence-electron chi connectivity index (χ3n) is 2.64. The zero-order valence-corrected chi connectivity index (χ0v) is 10.6. The van der Waals surface area contributed by atoms with E-state index < -0.39 is 11.7 Å². The summed E-state index contributed by atoms with van der Waals surface area (Å²) in [6.07, 6.45) is -3.15. The van der Waals surface area contributed by atoms with E-state index in [9.17, 15) is 18.0 Å². The van der Waals surface area contributed by atoms with Crippen molar-refractivity contribution in [2.24, 2.45) is 7.05 Å². The molecule has 0 bridgehead atoms. The number of hydrogen-bond donors (Lipinski definition) is 0. The van der Waals surface area contributed by atoms with Crippen LogP contribution in [0.4, 0.5) is 13.2 Å². The Morgan fingerprint density at radius 2 is 2.00 bits per heavy atom. The van der Waals surface area contributed by atoms with E-state index in [2.05, 4.69) is 5.10 Å². The predicted molar refractivity (Wildman–Crippen MR) is 64.4 cm³/mol. The molecule has 0 unspecified atom stereocenters. The second-order valence-corrected chi connectivity index (χ2v) is 4.09. The van der Waals surface area contributed by atoms with Gasteiger partial charge in [0, 0.05) is 7.05 Å². The normalized spacial score (nSPS) is 11.6. The number of aromatic nitrogens is 3. The maximum absolute atomic E-state index is 12.7. The number of ether oxygens (including phenoxy) is 1. The van der Waals surface area contributed by atoms with Crippen molar-refractivity contribution in [3.8, 4) is 5.75 Å². The molecular formula is C12H12F3N3O2. The van der Waals surface area contributed by atoms with Gasteiger partial charge in [-0.3, -0.25) is 4.57 Å². The topological polar surface area (TPSA) is 49.0 Å². The number of aryl methyl sites for hydroxylation is 1. The highest BCUT2D eigenvalue weighted by Gasteiger charge is 2.33. The average molecular weight is 287 g/mol. The zero-order chi connectivity index (χ0) is 14.8. The van der Waals surface area contributed by atoms with E-state index in [1.165, 1.54) is 36.1 Å². The molecule has 108 valence electrons. The number of benzene rings is 1. The quantitative estimate of drug-likeness (QED) is 0.859. The highest BCUT2D eigenvalue weighted by Crippen LogP contribution is 2.35. The standard InChI is InChI=1S/C12H12F3N3O2/c1-17-8-16-18(11(17)19)6-7-20-10-5-3-2-4-9(10)12(13,14)15/h2-5,8H,6-7H2,1H3. The van der Waals surface area contributed by atoms with Gasteiger partial charge in [-0.2, -0.15) is 18.3 Å². The average Bonchev–Trinajstić information content (AvgIpc) is 2.70. The number of alkyl halides is 3. The Hall–Kier alpha value is -2.25. The van der Waals surface area contributed by atoms with Crippen molar-refractivity contribution in [3.05, 3.63) is 46.6 Å². The number of hydrogen-bond acceptors (Lipinski definition) is 3. The van der Waals surface area contributed by atoms with Gasteiger partial charge >= 0.3 is 11.9 Å². The van der Waals surface area contributed by atoms with Crippen LogP contribution >= 0.6 is 0 Å². The lowest BCUT2D eigenvalue weighted by Gasteiger charge is -2.13. The minimum atomic E-state index is -4.47. The largest absolute Gasteiger partial charge is 0.491 e. The highest BCUT2D eigenvalue weighted by molar-refractivity contribution is 5.35.